The van der Waals surface area contributed by atoms with Crippen LogP contribution in [0.15, 0.2) is 30.7 Å². The van der Waals surface area contributed by atoms with Gasteiger partial charge in [-0.3, -0.25) is 14.5 Å². The quantitative estimate of drug-likeness (QED) is 0.884. The van der Waals surface area contributed by atoms with Crippen LogP contribution in [0.4, 0.5) is 0 Å². The van der Waals surface area contributed by atoms with E-state index in [1.807, 2.05) is 25.4 Å². The van der Waals surface area contributed by atoms with Crippen molar-refractivity contribution in [2.24, 2.45) is 13.0 Å². The van der Waals surface area contributed by atoms with Crippen LogP contribution in [0, 0.1) is 5.92 Å². The first-order valence-corrected chi connectivity index (χ1v) is 8.92. The molecule has 24 heavy (non-hydrogen) atoms. The van der Waals surface area contributed by atoms with Gasteiger partial charge >= 0.3 is 0 Å². The van der Waals surface area contributed by atoms with Crippen molar-refractivity contribution in [2.75, 3.05) is 0 Å². The molecule has 0 radical (unpaired) electrons. The summed E-state index contributed by atoms with van der Waals surface area (Å²) in [6.07, 6.45) is 13.8. The molecule has 1 fully saturated rings. The molecule has 0 atom stereocenters. The summed E-state index contributed by atoms with van der Waals surface area (Å²) < 4.78 is 1.76. The van der Waals surface area contributed by atoms with Crippen molar-refractivity contribution in [2.45, 2.75) is 51.5 Å². The molecule has 3 rings (SSSR count). The molecule has 0 saturated heterocycles. The van der Waals surface area contributed by atoms with Crippen LogP contribution >= 0.6 is 0 Å². The lowest BCUT2D eigenvalue weighted by Gasteiger charge is -2.21. The molecule has 2 aromatic rings. The van der Waals surface area contributed by atoms with Gasteiger partial charge in [-0.2, -0.15) is 5.10 Å². The number of aryl methyl sites for hydroxylation is 1. The lowest BCUT2D eigenvalue weighted by Crippen LogP contribution is -2.24. The number of carbonyl (C=O) groups excluding carboxylic acids is 1. The minimum atomic E-state index is 0.140. The molecule has 5 nitrogen and oxygen atoms in total. The minimum absolute atomic E-state index is 0.140. The maximum Gasteiger partial charge on any atom is 0.220 e. The molecular formula is C19H26N4O. The highest BCUT2D eigenvalue weighted by molar-refractivity contribution is 5.76. The van der Waals surface area contributed by atoms with Gasteiger partial charge in [0.2, 0.25) is 5.91 Å². The summed E-state index contributed by atoms with van der Waals surface area (Å²) in [5, 5.41) is 7.25. The van der Waals surface area contributed by atoms with Gasteiger partial charge in [-0.05, 0) is 24.0 Å². The van der Waals surface area contributed by atoms with Crippen molar-refractivity contribution in [1.82, 2.24) is 20.1 Å². The van der Waals surface area contributed by atoms with E-state index in [4.69, 9.17) is 0 Å². The molecule has 0 aliphatic heterocycles. The van der Waals surface area contributed by atoms with E-state index in [2.05, 4.69) is 15.4 Å². The number of carbonyl (C=O) groups is 1. The fraction of sp³-hybridized carbons (Fsp3) is 0.526. The maximum absolute atomic E-state index is 12.2. The first kappa shape index (κ1) is 16.7. The number of aromatic nitrogens is 3. The second kappa shape index (κ2) is 8.08. The van der Waals surface area contributed by atoms with Gasteiger partial charge in [-0.15, -0.1) is 0 Å². The molecule has 0 spiro atoms. The average molecular weight is 326 g/mol. The van der Waals surface area contributed by atoms with Crippen molar-refractivity contribution in [3.8, 4) is 11.3 Å². The van der Waals surface area contributed by atoms with Crippen molar-refractivity contribution in [3.05, 3.63) is 36.3 Å². The highest BCUT2D eigenvalue weighted by atomic mass is 16.1. The largest absolute Gasteiger partial charge is 0.352 e. The Kier molecular flexibility index (Phi) is 5.62. The summed E-state index contributed by atoms with van der Waals surface area (Å²) in [5.74, 6) is 0.885. The SMILES string of the molecule is Cn1cc(-c2ncccc2CNC(=O)CCC2CCCCC2)cn1. The molecule has 0 aromatic carbocycles. The molecular weight excluding hydrogens is 300 g/mol. The summed E-state index contributed by atoms with van der Waals surface area (Å²) in [7, 11) is 1.89. The number of nitrogens with one attached hydrogen (secondary N) is 1. The standard InChI is InChI=1S/C19H26N4O/c1-23-14-17(13-22-23)19-16(8-5-11-20-19)12-21-18(24)10-9-15-6-3-2-4-7-15/h5,8,11,13-15H,2-4,6-7,9-10,12H2,1H3,(H,21,24). The zero-order chi connectivity index (χ0) is 16.8. The Bertz CT molecular complexity index is 674. The molecule has 2 heterocycles. The molecule has 1 N–H and O–H groups in total. The zero-order valence-electron chi connectivity index (χ0n) is 14.4. The molecule has 0 bridgehead atoms. The van der Waals surface area contributed by atoms with E-state index in [-0.39, 0.29) is 5.91 Å². The van der Waals surface area contributed by atoms with Crippen molar-refractivity contribution >= 4 is 5.91 Å². The van der Waals surface area contributed by atoms with E-state index in [1.165, 1.54) is 32.1 Å². The number of hydrogen-bond acceptors (Lipinski definition) is 3. The summed E-state index contributed by atoms with van der Waals surface area (Å²) in [6.45, 7) is 0.515. The van der Waals surface area contributed by atoms with Crippen LogP contribution in [0.1, 0.15) is 50.5 Å². The molecule has 5 heteroatoms. The predicted octanol–water partition coefficient (Wildman–Crippen LogP) is 3.46. The molecule has 128 valence electrons. The van der Waals surface area contributed by atoms with E-state index in [0.717, 1.165) is 29.2 Å². The van der Waals surface area contributed by atoms with Gasteiger partial charge in [-0.1, -0.05) is 38.2 Å². The summed E-state index contributed by atoms with van der Waals surface area (Å²) in [4.78, 5) is 16.6. The third-order valence-corrected chi connectivity index (χ3v) is 4.85. The van der Waals surface area contributed by atoms with Gasteiger partial charge in [0.25, 0.3) is 0 Å². The highest BCUT2D eigenvalue weighted by Crippen LogP contribution is 2.27. The third-order valence-electron chi connectivity index (χ3n) is 4.85. The van der Waals surface area contributed by atoms with Crippen molar-refractivity contribution in [1.29, 1.82) is 0 Å². The van der Waals surface area contributed by atoms with Crippen LogP contribution < -0.4 is 5.32 Å². The van der Waals surface area contributed by atoms with Gasteiger partial charge in [0.05, 0.1) is 11.9 Å². The molecule has 1 saturated carbocycles. The van der Waals surface area contributed by atoms with E-state index < -0.39 is 0 Å². The fourth-order valence-corrected chi connectivity index (χ4v) is 3.48. The normalized spacial score (nSPS) is 15.4. The van der Waals surface area contributed by atoms with Crippen LogP contribution in [-0.2, 0) is 18.4 Å². The van der Waals surface area contributed by atoms with Crippen LogP contribution in [0.5, 0.6) is 0 Å². The number of nitrogens with zero attached hydrogens (tertiary/aromatic N) is 3. The Morgan fingerprint density at radius 2 is 2.17 bits per heavy atom. The monoisotopic (exact) mass is 326 g/mol. The van der Waals surface area contributed by atoms with Crippen LogP contribution in [0.3, 0.4) is 0 Å². The fourth-order valence-electron chi connectivity index (χ4n) is 3.48. The van der Waals surface area contributed by atoms with Crippen LogP contribution in [0.2, 0.25) is 0 Å². The smallest absolute Gasteiger partial charge is 0.220 e. The lowest BCUT2D eigenvalue weighted by molar-refractivity contribution is -0.121. The number of amides is 1. The summed E-state index contributed by atoms with van der Waals surface area (Å²) >= 11 is 0. The van der Waals surface area contributed by atoms with E-state index >= 15 is 0 Å². The zero-order valence-corrected chi connectivity index (χ0v) is 14.4. The van der Waals surface area contributed by atoms with Crippen molar-refractivity contribution < 1.29 is 4.79 Å². The van der Waals surface area contributed by atoms with Gasteiger partial charge in [0.15, 0.2) is 0 Å². The van der Waals surface area contributed by atoms with Crippen molar-refractivity contribution in [3.63, 3.8) is 0 Å². The predicted molar refractivity (Wildman–Crippen MR) is 94.1 cm³/mol. The van der Waals surface area contributed by atoms with Gasteiger partial charge < -0.3 is 5.32 Å². The summed E-state index contributed by atoms with van der Waals surface area (Å²) in [5.41, 5.74) is 2.89. The molecule has 1 aliphatic carbocycles. The lowest BCUT2D eigenvalue weighted by atomic mass is 9.86. The Labute approximate surface area is 143 Å². The van der Waals surface area contributed by atoms with Crippen LogP contribution in [-0.4, -0.2) is 20.7 Å². The van der Waals surface area contributed by atoms with E-state index in [1.54, 1.807) is 17.1 Å². The maximum atomic E-state index is 12.2. The topological polar surface area (TPSA) is 59.8 Å². The second-order valence-corrected chi connectivity index (χ2v) is 6.73. The first-order valence-electron chi connectivity index (χ1n) is 8.92. The van der Waals surface area contributed by atoms with Gasteiger partial charge in [-0.25, -0.2) is 0 Å². The Morgan fingerprint density at radius 3 is 2.92 bits per heavy atom. The molecule has 1 amide bonds. The first-order chi connectivity index (χ1) is 11.7. The van der Waals surface area contributed by atoms with E-state index in [9.17, 15) is 4.79 Å². The second-order valence-electron chi connectivity index (χ2n) is 6.73. The molecule has 0 unspecified atom stereocenters. The summed E-state index contributed by atoms with van der Waals surface area (Å²) in [6, 6.07) is 3.92. The van der Waals surface area contributed by atoms with Crippen LogP contribution in [0.25, 0.3) is 11.3 Å². The third kappa shape index (κ3) is 4.43. The Morgan fingerprint density at radius 1 is 1.33 bits per heavy atom. The number of hydrogen-bond donors (Lipinski definition) is 1. The van der Waals surface area contributed by atoms with Gasteiger partial charge in [0, 0.05) is 38.0 Å². The minimum Gasteiger partial charge on any atom is -0.352 e. The number of pyridine rings is 1. The molecule has 2 aromatic heterocycles. The average Bonchev–Trinajstić information content (AvgIpc) is 3.05. The highest BCUT2D eigenvalue weighted by Gasteiger charge is 2.15. The number of rotatable bonds is 6. The Balaban J connectivity index is 1.53. The van der Waals surface area contributed by atoms with E-state index in [0.29, 0.717) is 13.0 Å². The Hall–Kier alpha value is -2.17. The molecule has 1 aliphatic rings. The van der Waals surface area contributed by atoms with Gasteiger partial charge in [0.1, 0.15) is 0 Å².